The molecule has 0 bridgehead atoms. The highest BCUT2D eigenvalue weighted by Crippen LogP contribution is 2.26. The Morgan fingerprint density at radius 1 is 1.18 bits per heavy atom. The number of carbonyl (C=O) groups excluding carboxylic acids is 2. The van der Waals surface area contributed by atoms with E-state index in [9.17, 15) is 9.59 Å². The fourth-order valence-corrected chi connectivity index (χ4v) is 3.96. The third kappa shape index (κ3) is 7.82. The largest absolute Gasteiger partial charge is 0.349 e. The number of nitrogens with two attached hydrogens (primary N) is 1. The van der Waals surface area contributed by atoms with E-state index in [1.54, 1.807) is 49.5 Å². The van der Waals surface area contributed by atoms with Gasteiger partial charge in [0.05, 0.1) is 12.2 Å². The summed E-state index contributed by atoms with van der Waals surface area (Å²) in [4.78, 5) is 36.4. The molecule has 0 saturated carbocycles. The third-order valence-corrected chi connectivity index (χ3v) is 5.87. The number of nitrogens with one attached hydrogen (secondary N) is 2. The van der Waals surface area contributed by atoms with E-state index in [0.717, 1.165) is 0 Å². The molecule has 0 fully saturated rings. The number of benzene rings is 1. The van der Waals surface area contributed by atoms with Crippen molar-refractivity contribution < 1.29 is 9.59 Å². The summed E-state index contributed by atoms with van der Waals surface area (Å²) in [6, 6.07) is 5.24. The molecule has 4 N–H and O–H groups in total. The van der Waals surface area contributed by atoms with Crippen LogP contribution in [0.5, 0.6) is 0 Å². The van der Waals surface area contributed by atoms with Gasteiger partial charge in [0.1, 0.15) is 17.5 Å². The maximum absolute atomic E-state index is 13.3. The van der Waals surface area contributed by atoms with Gasteiger partial charge in [-0.05, 0) is 49.8 Å². The minimum absolute atomic E-state index is 0.105. The van der Waals surface area contributed by atoms with Crippen LogP contribution in [-0.2, 0) is 16.1 Å². The fourth-order valence-electron chi connectivity index (χ4n) is 3.29. The molecular formula is C22H30Cl2N6O2S. The SMILES string of the molecule is CC[C@H](C)[C@H](NC(=O)[C@H](c1cc(Cl)cc(Cl)c1)N(C)C)C(=O)NCc1ccnc(C(N)S)n1. The molecule has 2 amide bonds. The number of carbonyl (C=O) groups is 2. The van der Waals surface area contributed by atoms with Crippen molar-refractivity contribution in [1.82, 2.24) is 25.5 Å². The molecule has 33 heavy (non-hydrogen) atoms. The van der Waals surface area contributed by atoms with Crippen molar-refractivity contribution in [3.63, 3.8) is 0 Å². The lowest BCUT2D eigenvalue weighted by atomic mass is 9.97. The maximum Gasteiger partial charge on any atom is 0.243 e. The van der Waals surface area contributed by atoms with Gasteiger partial charge in [-0.15, -0.1) is 0 Å². The van der Waals surface area contributed by atoms with Crippen molar-refractivity contribution in [3.05, 3.63) is 57.6 Å². The number of hydrogen-bond acceptors (Lipinski definition) is 7. The summed E-state index contributed by atoms with van der Waals surface area (Å²) in [6.45, 7) is 4.04. The molecule has 1 unspecified atom stereocenters. The highest BCUT2D eigenvalue weighted by Gasteiger charge is 2.31. The topological polar surface area (TPSA) is 113 Å². The van der Waals surface area contributed by atoms with Crippen LogP contribution in [0.4, 0.5) is 0 Å². The molecule has 11 heteroatoms. The van der Waals surface area contributed by atoms with Crippen molar-refractivity contribution in [2.24, 2.45) is 11.7 Å². The Bertz CT molecular complexity index is 955. The molecule has 1 aromatic carbocycles. The molecule has 180 valence electrons. The van der Waals surface area contributed by atoms with E-state index in [1.165, 1.54) is 0 Å². The first-order valence-corrected chi connectivity index (χ1v) is 11.8. The van der Waals surface area contributed by atoms with Crippen LogP contribution in [0.2, 0.25) is 10.0 Å². The van der Waals surface area contributed by atoms with Gasteiger partial charge >= 0.3 is 0 Å². The van der Waals surface area contributed by atoms with Crippen molar-refractivity contribution in [3.8, 4) is 0 Å². The molecule has 0 radical (unpaired) electrons. The number of nitrogens with zero attached hydrogens (tertiary/aromatic N) is 3. The highest BCUT2D eigenvalue weighted by atomic mass is 35.5. The molecule has 1 heterocycles. The number of aromatic nitrogens is 2. The van der Waals surface area contributed by atoms with Gasteiger partial charge in [0.25, 0.3) is 0 Å². The minimum atomic E-state index is -0.743. The summed E-state index contributed by atoms with van der Waals surface area (Å²) in [6.07, 6.45) is 2.26. The zero-order valence-electron chi connectivity index (χ0n) is 19.0. The first-order valence-electron chi connectivity index (χ1n) is 10.5. The molecule has 4 atom stereocenters. The van der Waals surface area contributed by atoms with Crippen LogP contribution in [0.1, 0.15) is 48.8 Å². The molecule has 1 aromatic heterocycles. The zero-order valence-corrected chi connectivity index (χ0v) is 21.5. The monoisotopic (exact) mass is 512 g/mol. The van der Waals surface area contributed by atoms with E-state index in [-0.39, 0.29) is 24.3 Å². The Kier molecular flexibility index (Phi) is 10.4. The van der Waals surface area contributed by atoms with E-state index in [0.29, 0.717) is 33.5 Å². The zero-order chi connectivity index (χ0) is 24.7. The average molecular weight is 513 g/mol. The van der Waals surface area contributed by atoms with Gasteiger partial charge in [-0.1, -0.05) is 43.5 Å². The molecule has 0 saturated heterocycles. The molecule has 2 rings (SSSR count). The van der Waals surface area contributed by atoms with E-state index < -0.39 is 17.5 Å². The molecular weight excluding hydrogens is 483 g/mol. The van der Waals surface area contributed by atoms with Crippen LogP contribution in [0.25, 0.3) is 0 Å². The summed E-state index contributed by atoms with van der Waals surface area (Å²) in [5.74, 6) is -0.378. The van der Waals surface area contributed by atoms with Gasteiger partial charge < -0.3 is 16.4 Å². The van der Waals surface area contributed by atoms with Crippen LogP contribution in [-0.4, -0.2) is 46.8 Å². The Morgan fingerprint density at radius 2 is 1.82 bits per heavy atom. The van der Waals surface area contributed by atoms with Crippen LogP contribution in [0.3, 0.4) is 0 Å². The van der Waals surface area contributed by atoms with Gasteiger partial charge in [0, 0.05) is 16.2 Å². The predicted molar refractivity (Wildman–Crippen MR) is 134 cm³/mol. The van der Waals surface area contributed by atoms with Gasteiger partial charge in [0.15, 0.2) is 5.82 Å². The number of halogens is 2. The number of hydrogen-bond donors (Lipinski definition) is 4. The predicted octanol–water partition coefficient (Wildman–Crippen LogP) is 3.12. The van der Waals surface area contributed by atoms with Gasteiger partial charge in [0.2, 0.25) is 11.8 Å². The van der Waals surface area contributed by atoms with Crippen LogP contribution in [0, 0.1) is 5.92 Å². The second kappa shape index (κ2) is 12.5. The van der Waals surface area contributed by atoms with Crippen LogP contribution in [0.15, 0.2) is 30.5 Å². The molecule has 0 aliphatic rings. The number of thiol groups is 1. The summed E-state index contributed by atoms with van der Waals surface area (Å²) in [5.41, 5.74) is 6.93. The van der Waals surface area contributed by atoms with Gasteiger partial charge in [-0.2, -0.15) is 12.6 Å². The first kappa shape index (κ1) is 27.3. The van der Waals surface area contributed by atoms with E-state index in [4.69, 9.17) is 28.9 Å². The van der Waals surface area contributed by atoms with Crippen molar-refractivity contribution in [2.75, 3.05) is 14.1 Å². The fraction of sp³-hybridized carbons (Fsp3) is 0.455. The van der Waals surface area contributed by atoms with Crippen molar-refractivity contribution in [2.45, 2.75) is 44.3 Å². The Morgan fingerprint density at radius 3 is 2.36 bits per heavy atom. The smallest absolute Gasteiger partial charge is 0.243 e. The number of rotatable bonds is 10. The molecule has 2 aromatic rings. The second-order valence-corrected chi connectivity index (χ2v) is 9.44. The molecule has 0 aliphatic heterocycles. The van der Waals surface area contributed by atoms with Crippen molar-refractivity contribution >= 4 is 47.6 Å². The number of amides is 2. The second-order valence-electron chi connectivity index (χ2n) is 8.01. The van der Waals surface area contributed by atoms with Gasteiger partial charge in [-0.3, -0.25) is 14.5 Å². The molecule has 8 nitrogen and oxygen atoms in total. The highest BCUT2D eigenvalue weighted by molar-refractivity contribution is 7.80. The lowest BCUT2D eigenvalue weighted by Gasteiger charge is -2.29. The first-order chi connectivity index (χ1) is 15.5. The number of likely N-dealkylation sites (N-methyl/N-ethyl adjacent to an activating group) is 1. The average Bonchev–Trinajstić information content (AvgIpc) is 2.74. The van der Waals surface area contributed by atoms with E-state index >= 15 is 0 Å². The lowest BCUT2D eigenvalue weighted by Crippen LogP contribution is -2.52. The summed E-state index contributed by atoms with van der Waals surface area (Å²) < 4.78 is 0. The minimum Gasteiger partial charge on any atom is -0.349 e. The Labute approximate surface area is 210 Å². The quantitative estimate of drug-likeness (QED) is 0.287. The van der Waals surface area contributed by atoms with E-state index in [2.05, 4.69) is 33.2 Å². The Hall–Kier alpha value is -1.91. The Balaban J connectivity index is 2.18. The van der Waals surface area contributed by atoms with E-state index in [1.807, 2.05) is 13.8 Å². The maximum atomic E-state index is 13.3. The molecule has 0 aliphatic carbocycles. The van der Waals surface area contributed by atoms with Crippen LogP contribution < -0.4 is 16.4 Å². The summed E-state index contributed by atoms with van der Waals surface area (Å²) in [5, 5.41) is 6.00. The van der Waals surface area contributed by atoms with Gasteiger partial charge in [-0.25, -0.2) is 9.97 Å². The lowest BCUT2D eigenvalue weighted by molar-refractivity contribution is -0.132. The van der Waals surface area contributed by atoms with Crippen LogP contribution >= 0.6 is 35.8 Å². The normalized spacial score (nSPS) is 14.9. The summed E-state index contributed by atoms with van der Waals surface area (Å²) in [7, 11) is 3.55. The standard InChI is InChI=1S/C22H30Cl2N6O2S/c1-5-12(2)17(21(31)27-11-16-6-7-26-20(28-16)19(25)33)29-22(32)18(30(3)4)13-8-14(23)10-15(24)9-13/h6-10,12,17-19,33H,5,11,25H2,1-4H3,(H,27,31)(H,29,32)/t12-,17-,18-,19?/m0/s1. The third-order valence-electron chi connectivity index (χ3n) is 5.20. The molecule has 0 spiro atoms. The van der Waals surface area contributed by atoms with Crippen molar-refractivity contribution in [1.29, 1.82) is 0 Å². The summed E-state index contributed by atoms with van der Waals surface area (Å²) >= 11 is 16.4.